The Bertz CT molecular complexity index is 1820. The lowest BCUT2D eigenvalue weighted by molar-refractivity contribution is -0.260. The van der Waals surface area contributed by atoms with Gasteiger partial charge in [0.1, 0.15) is 35.5 Å². The van der Waals surface area contributed by atoms with Gasteiger partial charge in [-0.2, -0.15) is 4.89 Å². The number of aromatic amines is 1. The van der Waals surface area contributed by atoms with Gasteiger partial charge < -0.3 is 23.8 Å². The molecule has 0 amide bonds. The van der Waals surface area contributed by atoms with E-state index in [1.807, 2.05) is 78.9 Å². The molecule has 55 heavy (non-hydrogen) atoms. The summed E-state index contributed by atoms with van der Waals surface area (Å²) in [6, 6.07) is 24.7. The van der Waals surface area contributed by atoms with Crippen molar-refractivity contribution >= 4 is 8.25 Å². The second-order valence-corrected chi connectivity index (χ2v) is 13.6. The monoisotopic (exact) mass is 781 g/mol. The van der Waals surface area contributed by atoms with Gasteiger partial charge in [0.05, 0.1) is 25.5 Å². The van der Waals surface area contributed by atoms with Crippen LogP contribution in [0.5, 0.6) is 11.5 Å². The lowest BCUT2D eigenvalue weighted by Gasteiger charge is -2.37. The number of ether oxygens (including phenoxy) is 4. The van der Waals surface area contributed by atoms with Crippen molar-refractivity contribution in [2.45, 2.75) is 83.8 Å². The molecule has 0 aliphatic carbocycles. The van der Waals surface area contributed by atoms with E-state index in [1.165, 1.54) is 30.4 Å². The van der Waals surface area contributed by atoms with Crippen molar-refractivity contribution in [1.29, 1.82) is 0 Å². The number of H-pyrrole nitrogens is 1. The minimum Gasteiger partial charge on any atom is -0.497 e. The third kappa shape index (κ3) is 11.4. The van der Waals surface area contributed by atoms with E-state index in [1.54, 1.807) is 14.2 Å². The zero-order chi connectivity index (χ0) is 39.8. The molecule has 13 nitrogen and oxygen atoms in total. The molecule has 0 radical (unpaired) electrons. The summed E-state index contributed by atoms with van der Waals surface area (Å²) in [4.78, 5) is 45.1. The molecule has 4 aromatic rings. The number of unbranched alkanes of at least 4 members (excludes halogenated alkanes) is 2. The summed E-state index contributed by atoms with van der Waals surface area (Å²) < 4.78 is 41.6. The number of hydrogen-bond acceptors (Lipinski definition) is 10. The molecule has 1 aromatic heterocycles. The lowest BCUT2D eigenvalue weighted by Crippen LogP contribution is -2.38. The van der Waals surface area contributed by atoms with E-state index in [0.717, 1.165) is 36.0 Å². The molecular formula is C41H56N3O10P+2. The summed E-state index contributed by atoms with van der Waals surface area (Å²) in [7, 11) is 0.102. The smallest absolute Gasteiger partial charge is 0.497 e. The van der Waals surface area contributed by atoms with E-state index < -0.39 is 43.5 Å². The molecule has 4 atom stereocenters. The van der Waals surface area contributed by atoms with Crippen LogP contribution < -0.4 is 20.7 Å². The fourth-order valence-electron chi connectivity index (χ4n) is 6.65. The Morgan fingerprint density at radius 3 is 1.93 bits per heavy atom. The Morgan fingerprint density at radius 2 is 1.44 bits per heavy atom. The van der Waals surface area contributed by atoms with Gasteiger partial charge in [-0.05, 0) is 73.4 Å². The van der Waals surface area contributed by atoms with Crippen molar-refractivity contribution in [3.8, 4) is 11.5 Å². The van der Waals surface area contributed by atoms with Crippen LogP contribution in [0.1, 0.15) is 83.3 Å². The van der Waals surface area contributed by atoms with E-state index in [0.29, 0.717) is 23.5 Å². The van der Waals surface area contributed by atoms with E-state index in [4.69, 9.17) is 23.8 Å². The van der Waals surface area contributed by atoms with Gasteiger partial charge in [-0.15, -0.1) is 4.89 Å². The summed E-state index contributed by atoms with van der Waals surface area (Å²) in [5.41, 5.74) is 0.580. The molecule has 1 unspecified atom stereocenters. The van der Waals surface area contributed by atoms with Crippen LogP contribution in [-0.4, -0.2) is 72.0 Å². The molecule has 0 spiro atoms. The maximum Gasteiger partial charge on any atom is 1.00 e. The first-order chi connectivity index (χ1) is 26.6. The lowest BCUT2D eigenvalue weighted by atomic mass is 9.80. The highest BCUT2D eigenvalue weighted by Gasteiger charge is 2.44. The topological polar surface area (TPSA) is 151 Å². The molecule has 5 rings (SSSR count). The number of aryl methyl sites for hydroxylation is 1. The molecule has 1 saturated heterocycles. The van der Waals surface area contributed by atoms with Crippen molar-refractivity contribution in [3.63, 3.8) is 0 Å². The van der Waals surface area contributed by atoms with Gasteiger partial charge in [0.2, 0.25) is 0 Å². The number of nitrogens with one attached hydrogen (secondary N) is 1. The SMILES string of the molecule is CCCCCc1cn([C@H]2C[C@H](OO[P+](=O)O)[C@@H](COC(c3ccccc3)(c3ccc(OC)cc3)c3ccc(OC)cc3)O2)c(=O)[nH]c1=O.CCN(CC)CC.[H+]. The van der Waals surface area contributed by atoms with E-state index in [2.05, 4.69) is 42.3 Å². The second kappa shape index (κ2) is 21.8. The number of nitrogens with zero attached hydrogens (tertiary/aromatic N) is 2. The van der Waals surface area contributed by atoms with Crippen LogP contribution >= 0.6 is 8.25 Å². The van der Waals surface area contributed by atoms with Crippen LogP contribution in [0.25, 0.3) is 0 Å². The number of methoxy groups -OCH3 is 2. The van der Waals surface area contributed by atoms with Gasteiger partial charge in [0.15, 0.2) is 0 Å². The molecule has 1 aliphatic rings. The average molecular weight is 782 g/mol. The van der Waals surface area contributed by atoms with Crippen molar-refractivity contribution in [2.24, 2.45) is 0 Å². The van der Waals surface area contributed by atoms with Gasteiger partial charge in [-0.1, -0.05) is 95.1 Å². The first-order valence-electron chi connectivity index (χ1n) is 18.8. The molecule has 14 heteroatoms. The molecule has 298 valence electrons. The highest BCUT2D eigenvalue weighted by Crippen LogP contribution is 2.43. The van der Waals surface area contributed by atoms with Crippen molar-refractivity contribution < 1.29 is 39.4 Å². The van der Waals surface area contributed by atoms with Gasteiger partial charge in [0, 0.05) is 22.7 Å². The number of rotatable bonds is 19. The Labute approximate surface area is 325 Å². The first kappa shape index (κ1) is 43.5. The Kier molecular flexibility index (Phi) is 17.2. The molecule has 2 heterocycles. The fraction of sp³-hybridized carbons (Fsp3) is 0.463. The van der Waals surface area contributed by atoms with Crippen molar-refractivity contribution in [1.82, 2.24) is 14.5 Å². The molecular weight excluding hydrogens is 725 g/mol. The maximum absolute atomic E-state index is 13.0. The van der Waals surface area contributed by atoms with Crippen LogP contribution in [0.15, 0.2) is 94.6 Å². The third-order valence-electron chi connectivity index (χ3n) is 9.79. The summed E-state index contributed by atoms with van der Waals surface area (Å²) in [6.45, 7) is 12.1. The summed E-state index contributed by atoms with van der Waals surface area (Å²) in [6.07, 6.45) is 2.13. The zero-order valence-electron chi connectivity index (χ0n) is 33.6. The maximum atomic E-state index is 13.0. The minimum absolute atomic E-state index is 0. The fourth-order valence-corrected chi connectivity index (χ4v) is 6.84. The van der Waals surface area contributed by atoms with E-state index in [-0.39, 0.29) is 14.5 Å². The molecule has 0 bridgehead atoms. The van der Waals surface area contributed by atoms with Crippen LogP contribution in [0, 0.1) is 0 Å². The average Bonchev–Trinajstić information content (AvgIpc) is 3.62. The van der Waals surface area contributed by atoms with Crippen LogP contribution in [-0.2, 0) is 35.6 Å². The summed E-state index contributed by atoms with van der Waals surface area (Å²) in [5, 5.41) is 0. The van der Waals surface area contributed by atoms with E-state index in [9.17, 15) is 19.0 Å². The molecule has 0 saturated carbocycles. The van der Waals surface area contributed by atoms with Crippen molar-refractivity contribution in [3.05, 3.63) is 128 Å². The molecule has 2 N–H and O–H groups in total. The highest BCUT2D eigenvalue weighted by atomic mass is 31.1. The second-order valence-electron chi connectivity index (χ2n) is 13.0. The summed E-state index contributed by atoms with van der Waals surface area (Å²) >= 11 is 0. The standard InChI is InChI=1S/C35H39N2O10P.C6H15N/c1-4-5-7-10-24-22-37(34(39)36-33(24)38)32-21-30(46-47-48(40)41)31(45-32)23-44-35(25-11-8-6-9-12-25,26-13-17-28(42-2)18-14-26)27-15-19-29(43-3)20-16-27;1-4-7(5-2)6-3/h6,8-9,11-20,22,30-32H,4-5,7,10,21,23H2,1-3H3,(H-,36,38,39,40,41);4-6H2,1-3H3/p+2/t30-,31+,32+;/m0./s1. The van der Waals surface area contributed by atoms with E-state index >= 15 is 0 Å². The van der Waals surface area contributed by atoms with Crippen molar-refractivity contribution in [2.75, 3.05) is 40.5 Å². The first-order valence-corrected chi connectivity index (χ1v) is 20.0. The molecule has 1 fully saturated rings. The van der Waals surface area contributed by atoms with Gasteiger partial charge in [0.25, 0.3) is 5.56 Å². The predicted molar refractivity (Wildman–Crippen MR) is 212 cm³/mol. The molecule has 3 aromatic carbocycles. The van der Waals surface area contributed by atoms with Crippen LogP contribution in [0.4, 0.5) is 0 Å². The normalized spacial score (nSPS) is 17.1. The minimum atomic E-state index is -3.09. The predicted octanol–water partition coefficient (Wildman–Crippen LogP) is 7.01. The highest BCUT2D eigenvalue weighted by molar-refractivity contribution is 7.31. The largest absolute Gasteiger partial charge is 1.00 e. The quantitative estimate of drug-likeness (QED) is 0.0333. The summed E-state index contributed by atoms with van der Waals surface area (Å²) in [5.74, 6) is 1.34. The Morgan fingerprint density at radius 1 is 0.873 bits per heavy atom. The number of benzene rings is 3. The number of hydrogen-bond donors (Lipinski definition) is 2. The Balaban J connectivity index is 0.000000960. The molecule has 1 aliphatic heterocycles. The van der Waals surface area contributed by atoms with Crippen LogP contribution in [0.3, 0.4) is 0 Å². The van der Waals surface area contributed by atoms with Gasteiger partial charge in [-0.25, -0.2) is 4.79 Å². The zero-order valence-corrected chi connectivity index (χ0v) is 33.5. The van der Waals surface area contributed by atoms with Crippen LogP contribution in [0.2, 0.25) is 0 Å². The number of aromatic nitrogens is 2. The Hall–Kier alpha value is -4.20. The van der Waals surface area contributed by atoms with Gasteiger partial charge >= 0.3 is 15.4 Å². The third-order valence-corrected chi connectivity index (χ3v) is 10.0. The van der Waals surface area contributed by atoms with Gasteiger partial charge in [-0.3, -0.25) is 14.3 Å².